The number of aliphatic carboxylic acids is 1. The van der Waals surface area contributed by atoms with Gasteiger partial charge in [0.2, 0.25) is 5.95 Å². The van der Waals surface area contributed by atoms with Crippen molar-refractivity contribution in [2.45, 2.75) is 18.9 Å². The number of carbonyl (C=O) groups is 1. The van der Waals surface area contributed by atoms with E-state index < -0.39 is 12.0 Å². The van der Waals surface area contributed by atoms with Crippen LogP contribution in [0.1, 0.15) is 12.8 Å². The number of carboxylic acids is 1. The smallest absolute Gasteiger partial charge is 0.326 e. The average molecular weight is 183 g/mol. The van der Waals surface area contributed by atoms with Crippen molar-refractivity contribution in [3.05, 3.63) is 0 Å². The summed E-state index contributed by atoms with van der Waals surface area (Å²) >= 11 is 0. The molecule has 70 valence electrons. The summed E-state index contributed by atoms with van der Waals surface area (Å²) in [7, 11) is 0. The van der Waals surface area contributed by atoms with Gasteiger partial charge in [0.1, 0.15) is 6.04 Å². The normalized spacial score (nSPS) is 22.2. The van der Waals surface area contributed by atoms with Gasteiger partial charge in [-0.3, -0.25) is 0 Å². The molecule has 2 N–H and O–H groups in total. The maximum Gasteiger partial charge on any atom is 0.326 e. The number of hydrogen-bond donors (Lipinski definition) is 2. The molecule has 2 rings (SSSR count). The lowest BCUT2D eigenvalue weighted by Gasteiger charge is -2.18. The summed E-state index contributed by atoms with van der Waals surface area (Å²) in [4.78, 5) is 12.5. The minimum Gasteiger partial charge on any atom is -0.480 e. The van der Waals surface area contributed by atoms with E-state index in [1.807, 2.05) is 0 Å². The lowest BCUT2D eigenvalue weighted by molar-refractivity contribution is -0.138. The van der Waals surface area contributed by atoms with Crippen molar-refractivity contribution in [2.75, 3.05) is 11.4 Å². The molecule has 0 aliphatic carbocycles. The fraction of sp³-hybridized carbons (Fsp3) is 0.667. The number of rotatable bonds is 2. The quantitative estimate of drug-likeness (QED) is 0.626. The Morgan fingerprint density at radius 1 is 1.69 bits per heavy atom. The third kappa shape index (κ3) is 1.32. The van der Waals surface area contributed by atoms with Crippen molar-refractivity contribution in [1.29, 1.82) is 0 Å². The molecule has 1 unspecified atom stereocenters. The fourth-order valence-corrected chi connectivity index (χ4v) is 1.55. The molecule has 13 heavy (non-hydrogen) atoms. The molecule has 1 fully saturated rings. The summed E-state index contributed by atoms with van der Waals surface area (Å²) in [6, 6.07) is -0.491. The van der Waals surface area contributed by atoms with E-state index in [1.165, 1.54) is 0 Å². The predicted molar refractivity (Wildman–Crippen MR) is 42.2 cm³/mol. The van der Waals surface area contributed by atoms with E-state index in [2.05, 4.69) is 20.6 Å². The Hall–Kier alpha value is -1.66. The summed E-state index contributed by atoms with van der Waals surface area (Å²) < 4.78 is 0. The Labute approximate surface area is 73.7 Å². The molecule has 0 amide bonds. The van der Waals surface area contributed by atoms with Gasteiger partial charge in [-0.25, -0.2) is 9.89 Å². The number of nitrogens with zero attached hydrogens (tertiary/aromatic N) is 4. The van der Waals surface area contributed by atoms with Crippen molar-refractivity contribution >= 4 is 11.9 Å². The Morgan fingerprint density at radius 3 is 3.15 bits per heavy atom. The number of aromatic amines is 1. The van der Waals surface area contributed by atoms with Gasteiger partial charge in [0.05, 0.1) is 0 Å². The molecule has 0 radical (unpaired) electrons. The van der Waals surface area contributed by atoms with Gasteiger partial charge in [-0.05, 0) is 23.3 Å². The zero-order chi connectivity index (χ0) is 9.26. The van der Waals surface area contributed by atoms with Gasteiger partial charge in [-0.1, -0.05) is 5.10 Å². The van der Waals surface area contributed by atoms with Crippen LogP contribution in [0.5, 0.6) is 0 Å². The number of carboxylic acid groups (broad SMARTS) is 1. The molecular formula is C6H9N5O2. The molecule has 1 saturated heterocycles. The molecule has 1 aliphatic rings. The van der Waals surface area contributed by atoms with E-state index in [0.717, 1.165) is 6.42 Å². The zero-order valence-electron chi connectivity index (χ0n) is 6.84. The summed E-state index contributed by atoms with van der Waals surface area (Å²) in [5.74, 6) is -0.390. The minimum atomic E-state index is -0.825. The van der Waals surface area contributed by atoms with Crippen LogP contribution in [0, 0.1) is 0 Å². The average Bonchev–Trinajstić information content (AvgIpc) is 2.74. The second-order valence-electron chi connectivity index (χ2n) is 2.91. The highest BCUT2D eigenvalue weighted by molar-refractivity contribution is 5.77. The van der Waals surface area contributed by atoms with Crippen molar-refractivity contribution in [3.63, 3.8) is 0 Å². The highest BCUT2D eigenvalue weighted by atomic mass is 16.4. The number of H-pyrrole nitrogens is 1. The maximum absolute atomic E-state index is 10.8. The van der Waals surface area contributed by atoms with Crippen LogP contribution in [0.25, 0.3) is 0 Å². The molecule has 0 saturated carbocycles. The number of tetrazole rings is 1. The van der Waals surface area contributed by atoms with Crippen molar-refractivity contribution in [2.24, 2.45) is 0 Å². The highest BCUT2D eigenvalue weighted by Gasteiger charge is 2.32. The number of nitrogens with one attached hydrogen (secondary N) is 1. The van der Waals surface area contributed by atoms with Crippen LogP contribution in [0.3, 0.4) is 0 Å². The molecule has 7 nitrogen and oxygen atoms in total. The van der Waals surface area contributed by atoms with Gasteiger partial charge >= 0.3 is 5.97 Å². The van der Waals surface area contributed by atoms with Crippen molar-refractivity contribution in [1.82, 2.24) is 20.6 Å². The largest absolute Gasteiger partial charge is 0.480 e. The third-order valence-corrected chi connectivity index (χ3v) is 2.14. The zero-order valence-corrected chi connectivity index (χ0v) is 6.84. The Balaban J connectivity index is 2.19. The molecule has 1 aromatic rings. The molecule has 1 atom stereocenters. The van der Waals surface area contributed by atoms with E-state index in [9.17, 15) is 4.79 Å². The molecule has 0 spiro atoms. The van der Waals surface area contributed by atoms with Crippen LogP contribution in [-0.2, 0) is 4.79 Å². The Bertz CT molecular complexity index is 298. The van der Waals surface area contributed by atoms with Gasteiger partial charge in [0, 0.05) is 6.54 Å². The van der Waals surface area contributed by atoms with Crippen LogP contribution in [0.15, 0.2) is 0 Å². The minimum absolute atomic E-state index is 0.435. The van der Waals surface area contributed by atoms with Gasteiger partial charge in [0.25, 0.3) is 0 Å². The van der Waals surface area contributed by atoms with Gasteiger partial charge in [0.15, 0.2) is 0 Å². The van der Waals surface area contributed by atoms with Crippen LogP contribution in [-0.4, -0.2) is 44.3 Å². The molecule has 2 heterocycles. The fourth-order valence-electron chi connectivity index (χ4n) is 1.55. The predicted octanol–water partition coefficient (Wildman–Crippen LogP) is -0.747. The lowest BCUT2D eigenvalue weighted by atomic mass is 10.2. The van der Waals surface area contributed by atoms with Gasteiger partial charge in [-0.15, -0.1) is 0 Å². The number of aromatic nitrogens is 4. The molecule has 0 bridgehead atoms. The lowest BCUT2D eigenvalue weighted by Crippen LogP contribution is -2.36. The SMILES string of the molecule is O=C(O)C1CCCN1c1nnn[nH]1. The van der Waals surface area contributed by atoms with Crippen molar-refractivity contribution in [3.8, 4) is 0 Å². The third-order valence-electron chi connectivity index (χ3n) is 2.14. The second-order valence-corrected chi connectivity index (χ2v) is 2.91. The van der Waals surface area contributed by atoms with E-state index in [0.29, 0.717) is 18.9 Å². The summed E-state index contributed by atoms with van der Waals surface area (Å²) in [5, 5.41) is 21.9. The van der Waals surface area contributed by atoms with E-state index in [1.54, 1.807) is 4.90 Å². The van der Waals surface area contributed by atoms with Crippen LogP contribution in [0.2, 0.25) is 0 Å². The summed E-state index contributed by atoms with van der Waals surface area (Å²) in [6.45, 7) is 0.688. The van der Waals surface area contributed by atoms with Crippen LogP contribution >= 0.6 is 0 Å². The standard InChI is InChI=1S/C6H9N5O2/c12-5(13)4-2-1-3-11(4)6-7-9-10-8-6/h4H,1-3H2,(H,12,13)(H,7,8,9,10). The van der Waals surface area contributed by atoms with Gasteiger partial charge in [-0.2, -0.15) is 0 Å². The van der Waals surface area contributed by atoms with Crippen LogP contribution in [0.4, 0.5) is 5.95 Å². The molecule has 0 aromatic carbocycles. The molecule has 7 heteroatoms. The van der Waals surface area contributed by atoms with Gasteiger partial charge < -0.3 is 10.0 Å². The first-order chi connectivity index (χ1) is 6.29. The molecular weight excluding hydrogens is 174 g/mol. The first-order valence-electron chi connectivity index (χ1n) is 4.02. The summed E-state index contributed by atoms with van der Waals surface area (Å²) in [5.41, 5.74) is 0. The van der Waals surface area contributed by atoms with Crippen LogP contribution < -0.4 is 4.90 Å². The number of hydrogen-bond acceptors (Lipinski definition) is 5. The first-order valence-corrected chi connectivity index (χ1v) is 4.02. The first kappa shape index (κ1) is 7.96. The van der Waals surface area contributed by atoms with E-state index in [-0.39, 0.29) is 0 Å². The summed E-state index contributed by atoms with van der Waals surface area (Å²) in [6.07, 6.45) is 1.51. The maximum atomic E-state index is 10.8. The molecule has 1 aromatic heterocycles. The number of anilines is 1. The monoisotopic (exact) mass is 183 g/mol. The van der Waals surface area contributed by atoms with Crippen molar-refractivity contribution < 1.29 is 9.90 Å². The Morgan fingerprint density at radius 2 is 2.54 bits per heavy atom. The highest BCUT2D eigenvalue weighted by Crippen LogP contribution is 2.21. The van der Waals surface area contributed by atoms with E-state index in [4.69, 9.17) is 5.11 Å². The Kier molecular flexibility index (Phi) is 1.84. The second kappa shape index (κ2) is 3.00. The molecule has 1 aliphatic heterocycles. The van der Waals surface area contributed by atoms with E-state index >= 15 is 0 Å². The topological polar surface area (TPSA) is 95.0 Å².